The SMILES string of the molecule is CC1OCCC1(C)Nc1cc(Cl)nc(C2CC2)n1. The summed E-state index contributed by atoms with van der Waals surface area (Å²) in [6.45, 7) is 5.04. The van der Waals surface area contributed by atoms with E-state index in [2.05, 4.69) is 29.1 Å². The lowest BCUT2D eigenvalue weighted by Gasteiger charge is -2.29. The van der Waals surface area contributed by atoms with Gasteiger partial charge < -0.3 is 10.1 Å². The number of hydrogen-bond donors (Lipinski definition) is 1. The molecule has 0 spiro atoms. The van der Waals surface area contributed by atoms with Crippen LogP contribution in [0.1, 0.15) is 44.9 Å². The van der Waals surface area contributed by atoms with E-state index in [1.54, 1.807) is 6.07 Å². The minimum atomic E-state index is -0.0709. The van der Waals surface area contributed by atoms with E-state index in [-0.39, 0.29) is 11.6 Å². The molecule has 0 bridgehead atoms. The van der Waals surface area contributed by atoms with Crippen LogP contribution in [0, 0.1) is 0 Å². The molecule has 2 heterocycles. The minimum Gasteiger partial charge on any atom is -0.376 e. The van der Waals surface area contributed by atoms with Crippen molar-refractivity contribution in [1.29, 1.82) is 0 Å². The molecule has 0 amide bonds. The van der Waals surface area contributed by atoms with Crippen LogP contribution in [-0.2, 0) is 4.74 Å². The smallest absolute Gasteiger partial charge is 0.135 e. The van der Waals surface area contributed by atoms with E-state index in [9.17, 15) is 0 Å². The van der Waals surface area contributed by atoms with Gasteiger partial charge in [0, 0.05) is 18.6 Å². The normalized spacial score (nSPS) is 31.6. The van der Waals surface area contributed by atoms with E-state index in [4.69, 9.17) is 16.3 Å². The van der Waals surface area contributed by atoms with Crippen LogP contribution in [0.15, 0.2) is 6.07 Å². The predicted molar refractivity (Wildman–Crippen MR) is 71.1 cm³/mol. The van der Waals surface area contributed by atoms with E-state index < -0.39 is 0 Å². The molecule has 0 aromatic carbocycles. The maximum atomic E-state index is 6.07. The van der Waals surface area contributed by atoms with Crippen molar-refractivity contribution in [3.8, 4) is 0 Å². The van der Waals surface area contributed by atoms with Gasteiger partial charge in [0.15, 0.2) is 0 Å². The highest BCUT2D eigenvalue weighted by atomic mass is 35.5. The molecule has 4 nitrogen and oxygen atoms in total. The van der Waals surface area contributed by atoms with Crippen LogP contribution in [0.3, 0.4) is 0 Å². The number of halogens is 1. The fraction of sp³-hybridized carbons (Fsp3) is 0.692. The lowest BCUT2D eigenvalue weighted by Crippen LogP contribution is -2.41. The van der Waals surface area contributed by atoms with Gasteiger partial charge in [-0.05, 0) is 33.1 Å². The Labute approximate surface area is 112 Å². The first kappa shape index (κ1) is 12.2. The van der Waals surface area contributed by atoms with Gasteiger partial charge in [0.05, 0.1) is 11.6 Å². The number of rotatable bonds is 3. The van der Waals surface area contributed by atoms with Gasteiger partial charge in [-0.25, -0.2) is 9.97 Å². The Hall–Kier alpha value is -0.870. The van der Waals surface area contributed by atoms with Crippen LogP contribution in [-0.4, -0.2) is 28.2 Å². The Morgan fingerprint density at radius 2 is 2.22 bits per heavy atom. The standard InChI is InChI=1S/C13H18ClN3O/c1-8-13(2,5-6-18-8)17-11-7-10(14)15-12(16-11)9-3-4-9/h7-9H,3-6H2,1-2H3,(H,15,16,17). The number of aromatic nitrogens is 2. The van der Waals surface area contributed by atoms with Crippen LogP contribution in [0.25, 0.3) is 0 Å². The summed E-state index contributed by atoms with van der Waals surface area (Å²) in [6, 6.07) is 1.80. The zero-order valence-electron chi connectivity index (χ0n) is 10.7. The summed E-state index contributed by atoms with van der Waals surface area (Å²) >= 11 is 6.07. The molecule has 1 saturated carbocycles. The highest BCUT2D eigenvalue weighted by Crippen LogP contribution is 2.39. The first-order valence-corrected chi connectivity index (χ1v) is 6.89. The molecule has 2 atom stereocenters. The molecule has 2 fully saturated rings. The maximum absolute atomic E-state index is 6.07. The topological polar surface area (TPSA) is 47.0 Å². The molecule has 1 aliphatic carbocycles. The van der Waals surface area contributed by atoms with Crippen molar-refractivity contribution in [3.05, 3.63) is 17.0 Å². The molecule has 1 aromatic rings. The second kappa shape index (κ2) is 4.35. The van der Waals surface area contributed by atoms with E-state index in [0.717, 1.165) is 24.7 Å². The van der Waals surface area contributed by atoms with E-state index in [1.165, 1.54) is 12.8 Å². The lowest BCUT2D eigenvalue weighted by atomic mass is 9.95. The molecule has 18 heavy (non-hydrogen) atoms. The average molecular weight is 268 g/mol. The first-order valence-electron chi connectivity index (χ1n) is 6.51. The van der Waals surface area contributed by atoms with E-state index in [1.807, 2.05) is 0 Å². The molecule has 2 aliphatic rings. The van der Waals surface area contributed by atoms with Crippen molar-refractivity contribution in [3.63, 3.8) is 0 Å². The van der Waals surface area contributed by atoms with Crippen molar-refractivity contribution in [2.24, 2.45) is 0 Å². The lowest BCUT2D eigenvalue weighted by molar-refractivity contribution is 0.105. The Bertz CT molecular complexity index is 464. The minimum absolute atomic E-state index is 0.0709. The van der Waals surface area contributed by atoms with E-state index >= 15 is 0 Å². The summed E-state index contributed by atoms with van der Waals surface area (Å²) in [4.78, 5) is 8.87. The Kier molecular flexibility index (Phi) is 2.94. The van der Waals surface area contributed by atoms with Crippen molar-refractivity contribution in [1.82, 2.24) is 9.97 Å². The molecule has 98 valence electrons. The van der Waals surface area contributed by atoms with Gasteiger partial charge in [-0.2, -0.15) is 0 Å². The number of nitrogens with one attached hydrogen (secondary N) is 1. The maximum Gasteiger partial charge on any atom is 0.135 e. The second-order valence-electron chi connectivity index (χ2n) is 5.51. The van der Waals surface area contributed by atoms with Crippen LogP contribution < -0.4 is 5.32 Å². The van der Waals surface area contributed by atoms with Crippen LogP contribution in [0.2, 0.25) is 5.15 Å². The van der Waals surface area contributed by atoms with E-state index in [0.29, 0.717) is 11.1 Å². The number of hydrogen-bond acceptors (Lipinski definition) is 4. The molecule has 2 unspecified atom stereocenters. The van der Waals surface area contributed by atoms with Crippen LogP contribution in [0.5, 0.6) is 0 Å². The Morgan fingerprint density at radius 1 is 1.44 bits per heavy atom. The third-order valence-corrected chi connectivity index (χ3v) is 4.15. The molecule has 1 N–H and O–H groups in total. The predicted octanol–water partition coefficient (Wildman–Crippen LogP) is 2.99. The first-order chi connectivity index (χ1) is 8.57. The fourth-order valence-corrected chi connectivity index (χ4v) is 2.50. The van der Waals surface area contributed by atoms with Gasteiger partial charge in [0.25, 0.3) is 0 Å². The van der Waals surface area contributed by atoms with Crippen molar-refractivity contribution < 1.29 is 4.74 Å². The fourth-order valence-electron chi connectivity index (χ4n) is 2.31. The average Bonchev–Trinajstić information content (AvgIpc) is 3.07. The van der Waals surface area contributed by atoms with Gasteiger partial charge in [0.2, 0.25) is 0 Å². The molecule has 3 rings (SSSR count). The zero-order chi connectivity index (χ0) is 12.8. The number of anilines is 1. The summed E-state index contributed by atoms with van der Waals surface area (Å²) in [5.41, 5.74) is -0.0709. The summed E-state index contributed by atoms with van der Waals surface area (Å²) in [7, 11) is 0. The summed E-state index contributed by atoms with van der Waals surface area (Å²) in [5.74, 6) is 2.20. The van der Waals surface area contributed by atoms with Crippen molar-refractivity contribution >= 4 is 17.4 Å². The summed E-state index contributed by atoms with van der Waals surface area (Å²) < 4.78 is 5.62. The molecule has 1 aliphatic heterocycles. The highest BCUT2D eigenvalue weighted by molar-refractivity contribution is 6.29. The largest absolute Gasteiger partial charge is 0.376 e. The van der Waals surface area contributed by atoms with Crippen LogP contribution in [0.4, 0.5) is 5.82 Å². The number of ether oxygens (including phenoxy) is 1. The van der Waals surface area contributed by atoms with Crippen molar-refractivity contribution in [2.45, 2.75) is 50.7 Å². The van der Waals surface area contributed by atoms with Gasteiger partial charge in [-0.3, -0.25) is 0 Å². The molecule has 5 heteroatoms. The third kappa shape index (κ3) is 2.31. The Balaban J connectivity index is 1.83. The summed E-state index contributed by atoms with van der Waals surface area (Å²) in [5, 5.41) is 3.99. The van der Waals surface area contributed by atoms with Crippen molar-refractivity contribution in [2.75, 3.05) is 11.9 Å². The molecule has 1 aromatic heterocycles. The van der Waals surface area contributed by atoms with Crippen LogP contribution >= 0.6 is 11.6 Å². The monoisotopic (exact) mass is 267 g/mol. The quantitative estimate of drug-likeness (QED) is 0.856. The third-order valence-electron chi connectivity index (χ3n) is 3.95. The van der Waals surface area contributed by atoms with Gasteiger partial charge >= 0.3 is 0 Å². The number of nitrogens with zero attached hydrogens (tertiary/aromatic N) is 2. The molecular formula is C13H18ClN3O. The Morgan fingerprint density at radius 3 is 2.83 bits per heavy atom. The highest BCUT2D eigenvalue weighted by Gasteiger charge is 2.37. The van der Waals surface area contributed by atoms with Gasteiger partial charge in [-0.1, -0.05) is 11.6 Å². The second-order valence-corrected chi connectivity index (χ2v) is 5.90. The molecular weight excluding hydrogens is 250 g/mol. The molecule has 0 radical (unpaired) electrons. The van der Waals surface area contributed by atoms with Gasteiger partial charge in [-0.15, -0.1) is 0 Å². The summed E-state index contributed by atoms with van der Waals surface area (Å²) in [6.07, 6.45) is 3.51. The molecule has 1 saturated heterocycles. The van der Waals surface area contributed by atoms with Gasteiger partial charge in [0.1, 0.15) is 16.8 Å². The zero-order valence-corrected chi connectivity index (χ0v) is 11.5.